The van der Waals surface area contributed by atoms with Gasteiger partial charge in [-0.05, 0) is 12.8 Å². The third-order valence-electron chi connectivity index (χ3n) is 1.96. The summed E-state index contributed by atoms with van der Waals surface area (Å²) in [5, 5.41) is 33.6. The van der Waals surface area contributed by atoms with Crippen LogP contribution in [-0.2, 0) is 4.74 Å². The van der Waals surface area contributed by atoms with E-state index in [-0.39, 0.29) is 6.42 Å². The molecule has 0 unspecified atom stereocenters. The topological polar surface area (TPSA) is 90.2 Å². The first kappa shape index (κ1) is 9.02. The average Bonchev–Trinajstić information content (AvgIpc) is 2.34. The number of rotatable bonds is 2. The fraction of sp³-hybridized carbons (Fsp3) is 1.00. The fourth-order valence-electron chi connectivity index (χ4n) is 1.22. The summed E-state index contributed by atoms with van der Waals surface area (Å²) in [6.45, 7) is 0.329. The molecule has 0 aliphatic carbocycles. The Bertz CT molecular complexity index is 122. The molecule has 1 aliphatic rings. The van der Waals surface area contributed by atoms with Crippen molar-refractivity contribution in [2.75, 3.05) is 6.61 Å². The van der Waals surface area contributed by atoms with Crippen LogP contribution in [0.5, 0.6) is 0 Å². The van der Waals surface area contributed by atoms with Gasteiger partial charge >= 0.3 is 14.2 Å². The van der Waals surface area contributed by atoms with Gasteiger partial charge in [-0.2, -0.15) is 0 Å². The minimum Gasteiger partial charge on any atom is -0.426 e. The van der Waals surface area contributed by atoms with Crippen LogP contribution in [0.3, 0.4) is 0 Å². The van der Waals surface area contributed by atoms with Crippen LogP contribution < -0.4 is 0 Å². The summed E-state index contributed by atoms with van der Waals surface area (Å²) in [6.07, 6.45) is 0.859. The van der Waals surface area contributed by atoms with E-state index in [1.54, 1.807) is 0 Å². The normalized spacial score (nSPS) is 21.8. The summed E-state index contributed by atoms with van der Waals surface area (Å²) in [5.74, 6) is 0. The minimum absolute atomic E-state index is 0.252. The molecular weight excluding hydrogens is 150 g/mol. The summed E-state index contributed by atoms with van der Waals surface area (Å²) >= 11 is 0. The highest BCUT2D eigenvalue weighted by molar-refractivity contribution is 6.67. The van der Waals surface area contributed by atoms with Crippen molar-refractivity contribution in [3.63, 3.8) is 0 Å². The molecule has 0 radical (unpaired) electrons. The lowest BCUT2D eigenvalue weighted by Gasteiger charge is -2.25. The van der Waals surface area contributed by atoms with Crippen LogP contribution in [-0.4, -0.2) is 46.3 Å². The van der Waals surface area contributed by atoms with Crippen LogP contribution in [0.2, 0.25) is 0 Å². The van der Waals surface area contributed by atoms with Crippen molar-refractivity contribution in [2.24, 2.45) is 0 Å². The van der Waals surface area contributed by atoms with Gasteiger partial charge in [-0.15, -0.1) is 0 Å². The molecule has 7 heteroatoms. The molecule has 0 atom stereocenters. The molecule has 1 saturated heterocycles. The maximum absolute atomic E-state index is 8.78. The molecule has 11 heavy (non-hydrogen) atoms. The van der Waals surface area contributed by atoms with Gasteiger partial charge in [0.25, 0.3) is 0 Å². The van der Waals surface area contributed by atoms with E-state index >= 15 is 0 Å². The lowest BCUT2D eigenvalue weighted by atomic mass is 9.47. The lowest BCUT2D eigenvalue weighted by Crippen LogP contribution is -2.58. The maximum atomic E-state index is 8.78. The third-order valence-corrected chi connectivity index (χ3v) is 1.96. The van der Waals surface area contributed by atoms with E-state index in [2.05, 4.69) is 0 Å². The number of ether oxygens (including phenoxy) is 1. The van der Waals surface area contributed by atoms with Gasteiger partial charge in [-0.25, -0.2) is 0 Å². The van der Waals surface area contributed by atoms with Crippen molar-refractivity contribution in [2.45, 2.75) is 18.2 Å². The maximum Gasteiger partial charge on any atom is 0.483 e. The molecule has 0 spiro atoms. The Kier molecular flexibility index (Phi) is 2.56. The predicted octanol–water partition coefficient (Wildman–Crippen LogP) is -2.44. The van der Waals surface area contributed by atoms with Crippen molar-refractivity contribution in [1.82, 2.24) is 0 Å². The first-order chi connectivity index (χ1) is 5.09. The summed E-state index contributed by atoms with van der Waals surface area (Å²) in [6, 6.07) is 0. The Morgan fingerprint density at radius 1 is 1.09 bits per heavy atom. The Hall–Kier alpha value is -0.0701. The minimum atomic E-state index is -1.84. The van der Waals surface area contributed by atoms with Crippen molar-refractivity contribution in [1.29, 1.82) is 0 Å². The predicted molar refractivity (Wildman–Crippen MR) is 38.3 cm³/mol. The molecule has 0 aromatic heterocycles. The van der Waals surface area contributed by atoms with E-state index in [0.717, 1.165) is 0 Å². The standard InChI is InChI=1S/C4H10B2O5/c7-5(8)4(6(9)10)2-1-3-11-4/h7-10H,1-3H2. The van der Waals surface area contributed by atoms with Crippen molar-refractivity contribution in [3.8, 4) is 0 Å². The van der Waals surface area contributed by atoms with Gasteiger partial charge < -0.3 is 24.8 Å². The van der Waals surface area contributed by atoms with Crippen molar-refractivity contribution >= 4 is 14.2 Å². The van der Waals surface area contributed by atoms with Crippen molar-refractivity contribution < 1.29 is 24.8 Å². The quantitative estimate of drug-likeness (QED) is 0.337. The van der Waals surface area contributed by atoms with E-state index in [4.69, 9.17) is 24.8 Å². The van der Waals surface area contributed by atoms with Gasteiger partial charge in [0.15, 0.2) is 0 Å². The highest BCUT2D eigenvalue weighted by Crippen LogP contribution is 2.27. The fourth-order valence-corrected chi connectivity index (χ4v) is 1.22. The third kappa shape index (κ3) is 1.43. The van der Waals surface area contributed by atoms with Gasteiger partial charge in [0.1, 0.15) is 5.40 Å². The smallest absolute Gasteiger partial charge is 0.426 e. The highest BCUT2D eigenvalue weighted by atomic mass is 16.5. The van der Waals surface area contributed by atoms with Gasteiger partial charge in [0, 0.05) is 6.61 Å². The van der Waals surface area contributed by atoms with Gasteiger partial charge in [0.2, 0.25) is 0 Å². The van der Waals surface area contributed by atoms with E-state index < -0.39 is 19.6 Å². The average molecular weight is 160 g/mol. The van der Waals surface area contributed by atoms with Crippen LogP contribution in [0.4, 0.5) is 0 Å². The first-order valence-electron chi connectivity index (χ1n) is 3.46. The zero-order chi connectivity index (χ0) is 8.48. The van der Waals surface area contributed by atoms with E-state index in [9.17, 15) is 0 Å². The zero-order valence-corrected chi connectivity index (χ0v) is 5.97. The molecule has 0 aromatic carbocycles. The first-order valence-corrected chi connectivity index (χ1v) is 3.46. The van der Waals surface area contributed by atoms with E-state index in [1.807, 2.05) is 0 Å². The van der Waals surface area contributed by atoms with Crippen molar-refractivity contribution in [3.05, 3.63) is 0 Å². The lowest BCUT2D eigenvalue weighted by molar-refractivity contribution is 0.0733. The zero-order valence-electron chi connectivity index (χ0n) is 5.97. The SMILES string of the molecule is OB(O)C1(B(O)O)CCCO1. The molecule has 4 N–H and O–H groups in total. The molecule has 0 bridgehead atoms. The number of hydrogen-bond donors (Lipinski definition) is 4. The molecule has 1 heterocycles. The molecule has 0 amide bonds. The Labute approximate surface area is 64.9 Å². The molecule has 62 valence electrons. The molecule has 5 nitrogen and oxygen atoms in total. The largest absolute Gasteiger partial charge is 0.483 e. The van der Waals surface area contributed by atoms with Gasteiger partial charge in [-0.3, -0.25) is 0 Å². The number of hydrogen-bond acceptors (Lipinski definition) is 5. The molecule has 1 fully saturated rings. The van der Waals surface area contributed by atoms with Crippen LogP contribution in [0.25, 0.3) is 0 Å². The molecule has 1 rings (SSSR count). The Morgan fingerprint density at radius 2 is 1.64 bits per heavy atom. The molecular formula is C4H10B2O5. The molecule has 0 aromatic rings. The van der Waals surface area contributed by atoms with Gasteiger partial charge in [0.05, 0.1) is 0 Å². The van der Waals surface area contributed by atoms with Crippen LogP contribution in [0, 0.1) is 0 Å². The molecule has 0 saturated carbocycles. The Morgan fingerprint density at radius 3 is 1.82 bits per heavy atom. The second-order valence-electron chi connectivity index (χ2n) is 2.65. The van der Waals surface area contributed by atoms with E-state index in [0.29, 0.717) is 13.0 Å². The van der Waals surface area contributed by atoms with Crippen LogP contribution in [0.1, 0.15) is 12.8 Å². The van der Waals surface area contributed by atoms with Crippen LogP contribution in [0.15, 0.2) is 0 Å². The summed E-state index contributed by atoms with van der Waals surface area (Å²) in [5.41, 5.74) is 0. The van der Waals surface area contributed by atoms with Gasteiger partial charge in [-0.1, -0.05) is 0 Å². The summed E-state index contributed by atoms with van der Waals surface area (Å²) < 4.78 is 4.86. The monoisotopic (exact) mass is 160 g/mol. The molecule has 1 aliphatic heterocycles. The summed E-state index contributed by atoms with van der Waals surface area (Å²) in [7, 11) is -3.69. The Balaban J connectivity index is 2.70. The van der Waals surface area contributed by atoms with Crippen LogP contribution >= 0.6 is 0 Å². The second-order valence-corrected chi connectivity index (χ2v) is 2.65. The second kappa shape index (κ2) is 3.12. The van der Waals surface area contributed by atoms with E-state index in [1.165, 1.54) is 0 Å². The summed E-state index contributed by atoms with van der Waals surface area (Å²) in [4.78, 5) is 0. The highest BCUT2D eigenvalue weighted by Gasteiger charge is 2.55.